The number of benzene rings is 1. The van der Waals surface area contributed by atoms with Crippen molar-refractivity contribution < 1.29 is 9.18 Å². The van der Waals surface area contributed by atoms with Crippen molar-refractivity contribution in [3.05, 3.63) is 55.9 Å². The molecule has 8 rings (SSSR count). The molecule has 1 saturated heterocycles. The van der Waals surface area contributed by atoms with E-state index in [9.17, 15) is 14.0 Å². The van der Waals surface area contributed by atoms with Crippen LogP contribution < -0.4 is 16.2 Å². The smallest absolute Gasteiger partial charge is 0.279 e. The Kier molecular flexibility index (Phi) is 4.33. The van der Waals surface area contributed by atoms with Crippen LogP contribution >= 0.6 is 15.9 Å². The third-order valence-electron chi connectivity index (χ3n) is 9.51. The molecule has 0 bridgehead atoms. The lowest BCUT2D eigenvalue weighted by molar-refractivity contribution is -0.116. The average Bonchev–Trinajstić information content (AvgIpc) is 3.73. The van der Waals surface area contributed by atoms with E-state index in [1.807, 2.05) is 4.57 Å². The van der Waals surface area contributed by atoms with Crippen LogP contribution in [0.4, 0.5) is 10.1 Å². The summed E-state index contributed by atoms with van der Waals surface area (Å²) in [5.41, 5.74) is 2.76. The summed E-state index contributed by atoms with van der Waals surface area (Å²) in [4.78, 5) is 31.6. The molecule has 2 aromatic heterocycles. The maximum atomic E-state index is 14.6. The molecule has 4 fully saturated rings. The summed E-state index contributed by atoms with van der Waals surface area (Å²) >= 11 is 3.33. The summed E-state index contributed by atoms with van der Waals surface area (Å²) in [6.07, 6.45) is 6.32. The highest BCUT2D eigenvalue weighted by molar-refractivity contribution is 9.10. The van der Waals surface area contributed by atoms with E-state index in [0.717, 1.165) is 61.9 Å². The fourth-order valence-electron chi connectivity index (χ4n) is 7.74. The Morgan fingerprint density at radius 3 is 2.86 bits per heavy atom. The Balaban J connectivity index is 1.21. The monoisotopic (exact) mass is 552 g/mol. The molecule has 5 atom stereocenters. The van der Waals surface area contributed by atoms with E-state index >= 15 is 0 Å². The Morgan fingerprint density at radius 2 is 2.11 bits per heavy atom. The first-order valence-corrected chi connectivity index (χ1v) is 13.8. The van der Waals surface area contributed by atoms with Crippen LogP contribution in [0.25, 0.3) is 5.78 Å². The van der Waals surface area contributed by atoms with Gasteiger partial charge in [-0.25, -0.2) is 4.39 Å². The second-order valence-corrected chi connectivity index (χ2v) is 12.0. The Hall–Kier alpha value is -2.59. The van der Waals surface area contributed by atoms with Crippen LogP contribution in [0.5, 0.6) is 0 Å². The van der Waals surface area contributed by atoms with Gasteiger partial charge < -0.3 is 15.2 Å². The number of carbonyl (C=O) groups excluding carboxylic acids is 1. The van der Waals surface area contributed by atoms with E-state index < -0.39 is 0 Å². The maximum absolute atomic E-state index is 14.6. The second kappa shape index (κ2) is 7.25. The summed E-state index contributed by atoms with van der Waals surface area (Å²) in [6.45, 7) is 0.903. The van der Waals surface area contributed by atoms with Gasteiger partial charge in [0, 0.05) is 34.3 Å². The highest BCUT2D eigenvalue weighted by atomic mass is 79.9. The summed E-state index contributed by atoms with van der Waals surface area (Å²) in [7, 11) is 0. The number of fused-ring (bicyclic) bond motifs is 8. The van der Waals surface area contributed by atoms with Gasteiger partial charge in [-0.15, -0.1) is 5.10 Å². The highest BCUT2D eigenvalue weighted by Crippen LogP contribution is 2.71. The van der Waals surface area contributed by atoms with Gasteiger partial charge in [0.05, 0.1) is 0 Å². The molecule has 1 spiro atoms. The lowest BCUT2D eigenvalue weighted by Gasteiger charge is -2.54. The molecule has 8 nitrogen and oxygen atoms in total. The standard InChI is InChI=1S/C26H26BrFN6O2/c27-24-31-25-33(11-20(35)30-13-3-4-14(12-1-2-12)18(28)9-13)22-15-10-17(15)26(21(22)23(36)34(25)32-24)7-8-29-19-6-5-16(19)26/h3-4,9,12,15-17,19,29H,1-2,5-8,10-11H2,(H,30,35)/t15-,16+,17+,19-,26-/m0/s1. The molecular formula is C26H26BrFN6O2. The molecule has 5 aliphatic rings. The number of hydrogen-bond acceptors (Lipinski definition) is 5. The normalized spacial score (nSPS) is 31.6. The van der Waals surface area contributed by atoms with E-state index in [4.69, 9.17) is 0 Å². The van der Waals surface area contributed by atoms with Crippen molar-refractivity contribution >= 4 is 33.3 Å². The molecular weight excluding hydrogens is 527 g/mol. The lowest BCUT2D eigenvalue weighted by Crippen LogP contribution is -2.61. The van der Waals surface area contributed by atoms with Gasteiger partial charge in [-0.3, -0.25) is 9.59 Å². The minimum Gasteiger partial charge on any atom is -0.324 e. The zero-order valence-corrected chi connectivity index (χ0v) is 21.2. The summed E-state index contributed by atoms with van der Waals surface area (Å²) in [5.74, 6) is 1.31. The third-order valence-corrected chi connectivity index (χ3v) is 9.85. The highest BCUT2D eigenvalue weighted by Gasteiger charge is 2.69. The fraction of sp³-hybridized carbons (Fsp3) is 0.538. The summed E-state index contributed by atoms with van der Waals surface area (Å²) < 4.78 is 18.1. The Labute approximate surface area is 214 Å². The number of nitrogens with zero attached hydrogens (tertiary/aromatic N) is 4. The van der Waals surface area contributed by atoms with Gasteiger partial charge in [0.25, 0.3) is 5.56 Å². The predicted molar refractivity (Wildman–Crippen MR) is 134 cm³/mol. The van der Waals surface area contributed by atoms with Crippen molar-refractivity contribution in [1.29, 1.82) is 0 Å². The summed E-state index contributed by atoms with van der Waals surface area (Å²) in [6, 6.07) is 5.42. The third kappa shape index (κ3) is 2.82. The molecule has 3 saturated carbocycles. The number of nitrogens with one attached hydrogen (secondary N) is 2. The van der Waals surface area contributed by atoms with Crippen molar-refractivity contribution in [1.82, 2.24) is 24.5 Å². The second-order valence-electron chi connectivity index (χ2n) is 11.3. The zero-order chi connectivity index (χ0) is 24.3. The number of hydrogen-bond donors (Lipinski definition) is 2. The number of piperidine rings is 1. The molecule has 0 radical (unpaired) electrons. The minimum atomic E-state index is -0.273. The van der Waals surface area contributed by atoms with Crippen molar-refractivity contribution in [3.63, 3.8) is 0 Å². The van der Waals surface area contributed by atoms with Gasteiger partial charge in [-0.05, 0) is 96.4 Å². The lowest BCUT2D eigenvalue weighted by atomic mass is 9.55. The van der Waals surface area contributed by atoms with Crippen molar-refractivity contribution in [2.45, 2.75) is 68.4 Å². The van der Waals surface area contributed by atoms with Gasteiger partial charge in [-0.1, -0.05) is 6.07 Å². The molecule has 36 heavy (non-hydrogen) atoms. The molecule has 10 heteroatoms. The maximum Gasteiger partial charge on any atom is 0.279 e. The molecule has 3 heterocycles. The average molecular weight is 553 g/mol. The minimum absolute atomic E-state index is 0.00507. The van der Waals surface area contributed by atoms with Crippen LogP contribution in [0.3, 0.4) is 0 Å². The Morgan fingerprint density at radius 1 is 1.25 bits per heavy atom. The van der Waals surface area contributed by atoms with E-state index in [0.29, 0.717) is 40.0 Å². The van der Waals surface area contributed by atoms with Gasteiger partial charge in [-0.2, -0.15) is 9.50 Å². The molecule has 1 aromatic carbocycles. The number of rotatable bonds is 4. The molecule has 1 aliphatic heterocycles. The molecule has 2 N–H and O–H groups in total. The van der Waals surface area contributed by atoms with Crippen LogP contribution in [0.15, 0.2) is 27.7 Å². The van der Waals surface area contributed by atoms with Crippen LogP contribution in [0.2, 0.25) is 0 Å². The first kappa shape index (κ1) is 21.5. The van der Waals surface area contributed by atoms with E-state index in [1.165, 1.54) is 10.6 Å². The molecule has 4 aliphatic carbocycles. The number of carbonyl (C=O) groups is 1. The molecule has 0 unspecified atom stereocenters. The largest absolute Gasteiger partial charge is 0.324 e. The van der Waals surface area contributed by atoms with Gasteiger partial charge in [0.1, 0.15) is 12.4 Å². The van der Waals surface area contributed by atoms with Crippen molar-refractivity contribution in [3.8, 4) is 0 Å². The fourth-order valence-corrected chi connectivity index (χ4v) is 8.05. The van der Waals surface area contributed by atoms with Crippen LogP contribution in [0, 0.1) is 17.7 Å². The number of halogens is 2. The predicted octanol–water partition coefficient (Wildman–Crippen LogP) is 3.44. The van der Waals surface area contributed by atoms with E-state index in [1.54, 1.807) is 12.1 Å². The first-order chi connectivity index (χ1) is 17.5. The Bertz CT molecular complexity index is 1530. The first-order valence-electron chi connectivity index (χ1n) is 13.0. The molecule has 1 amide bonds. The topological polar surface area (TPSA) is 93.3 Å². The van der Waals surface area contributed by atoms with Gasteiger partial charge >= 0.3 is 0 Å². The number of anilines is 1. The zero-order valence-electron chi connectivity index (χ0n) is 19.6. The van der Waals surface area contributed by atoms with Crippen LogP contribution in [0.1, 0.15) is 67.2 Å². The number of amides is 1. The number of aromatic nitrogens is 4. The van der Waals surface area contributed by atoms with Crippen molar-refractivity contribution in [2.24, 2.45) is 11.8 Å². The van der Waals surface area contributed by atoms with Crippen LogP contribution in [-0.4, -0.2) is 37.7 Å². The van der Waals surface area contributed by atoms with E-state index in [-0.39, 0.29) is 35.2 Å². The van der Waals surface area contributed by atoms with Gasteiger partial charge in [0.2, 0.25) is 16.4 Å². The van der Waals surface area contributed by atoms with Gasteiger partial charge in [0.15, 0.2) is 0 Å². The van der Waals surface area contributed by atoms with E-state index in [2.05, 4.69) is 36.6 Å². The quantitative estimate of drug-likeness (QED) is 0.517. The molecule has 186 valence electrons. The molecule has 3 aromatic rings. The summed E-state index contributed by atoms with van der Waals surface area (Å²) in [5, 5.41) is 10.9. The SMILES string of the molecule is O=C(Cn1c2c(c(=O)n3nc(Br)nc13)[C@]1(CCN[C@H]3CC[C@H]31)[C@@H]1C[C@H]21)Nc1ccc(C2CC2)c(F)c1. The van der Waals surface area contributed by atoms with Crippen molar-refractivity contribution in [2.75, 3.05) is 11.9 Å². The van der Waals surface area contributed by atoms with Crippen LogP contribution in [-0.2, 0) is 16.8 Å².